The smallest absolute Gasteiger partial charge is 0.343 e. The number of carbonyl (C=O) groups is 2. The van der Waals surface area contributed by atoms with Crippen LogP contribution < -0.4 is 9.64 Å². The van der Waals surface area contributed by atoms with Gasteiger partial charge in [-0.25, -0.2) is 4.79 Å². The molecule has 28 heavy (non-hydrogen) atoms. The van der Waals surface area contributed by atoms with Crippen LogP contribution in [0, 0.1) is 0 Å². The predicted octanol–water partition coefficient (Wildman–Crippen LogP) is 4.95. The van der Waals surface area contributed by atoms with Crippen molar-refractivity contribution in [1.29, 1.82) is 0 Å². The van der Waals surface area contributed by atoms with Crippen LogP contribution >= 0.6 is 47.2 Å². The lowest BCUT2D eigenvalue weighted by molar-refractivity contribution is -0.142. The van der Waals surface area contributed by atoms with Gasteiger partial charge in [0.2, 0.25) is 0 Å². The maximum Gasteiger partial charge on any atom is 0.343 e. The minimum Gasteiger partial charge on any atom is -0.482 e. The molecule has 2 aromatic rings. The van der Waals surface area contributed by atoms with Gasteiger partial charge >= 0.3 is 5.97 Å². The second-order valence-electron chi connectivity index (χ2n) is 5.55. The fourth-order valence-corrected chi connectivity index (χ4v) is 4.13. The third-order valence-corrected chi connectivity index (χ3v) is 5.55. The zero-order chi connectivity index (χ0) is 20.3. The van der Waals surface area contributed by atoms with Crippen LogP contribution in [-0.4, -0.2) is 29.9 Å². The number of thiocarbonyl (C=S) groups is 1. The molecule has 1 amide bonds. The van der Waals surface area contributed by atoms with Crippen molar-refractivity contribution < 1.29 is 19.1 Å². The maximum absolute atomic E-state index is 12.8. The Morgan fingerprint density at radius 3 is 2.57 bits per heavy atom. The van der Waals surface area contributed by atoms with Crippen LogP contribution in [0.5, 0.6) is 5.75 Å². The number of methoxy groups -OCH3 is 1. The summed E-state index contributed by atoms with van der Waals surface area (Å²) in [4.78, 5) is 25.8. The topological polar surface area (TPSA) is 55.8 Å². The molecule has 1 fully saturated rings. The van der Waals surface area contributed by atoms with Crippen molar-refractivity contribution in [3.63, 3.8) is 0 Å². The molecule has 1 saturated heterocycles. The number of hydrogen-bond acceptors (Lipinski definition) is 6. The molecule has 2 aromatic carbocycles. The molecule has 0 aliphatic carbocycles. The molecule has 0 unspecified atom stereocenters. The molecule has 144 valence electrons. The molecule has 0 radical (unpaired) electrons. The van der Waals surface area contributed by atoms with Crippen LogP contribution in [0.1, 0.15) is 5.56 Å². The van der Waals surface area contributed by atoms with Gasteiger partial charge in [0.1, 0.15) is 5.75 Å². The Balaban J connectivity index is 1.77. The number of rotatable bonds is 5. The van der Waals surface area contributed by atoms with Crippen molar-refractivity contribution in [1.82, 2.24) is 0 Å². The number of halogens is 2. The van der Waals surface area contributed by atoms with Crippen molar-refractivity contribution in [2.24, 2.45) is 0 Å². The first-order valence-corrected chi connectivity index (χ1v) is 9.90. The zero-order valence-electron chi connectivity index (χ0n) is 14.5. The van der Waals surface area contributed by atoms with Crippen LogP contribution in [-0.2, 0) is 14.3 Å². The molecular weight excluding hydrogens is 441 g/mol. The van der Waals surface area contributed by atoms with Gasteiger partial charge in [0.05, 0.1) is 22.7 Å². The quantitative estimate of drug-likeness (QED) is 0.362. The van der Waals surface area contributed by atoms with E-state index in [2.05, 4.69) is 4.74 Å². The molecule has 0 atom stereocenters. The summed E-state index contributed by atoms with van der Waals surface area (Å²) in [7, 11) is 1.29. The van der Waals surface area contributed by atoms with E-state index in [1.807, 2.05) is 0 Å². The van der Waals surface area contributed by atoms with Gasteiger partial charge in [0, 0.05) is 5.02 Å². The number of hydrogen-bond donors (Lipinski definition) is 0. The van der Waals surface area contributed by atoms with Crippen molar-refractivity contribution >= 4 is 75.1 Å². The summed E-state index contributed by atoms with van der Waals surface area (Å²) in [5.41, 5.74) is 1.27. The first-order valence-electron chi connectivity index (χ1n) is 7.91. The van der Waals surface area contributed by atoms with Gasteiger partial charge in [0.15, 0.2) is 10.9 Å². The van der Waals surface area contributed by atoms with Crippen LogP contribution in [0.15, 0.2) is 47.4 Å². The average molecular weight is 454 g/mol. The number of carbonyl (C=O) groups excluding carboxylic acids is 2. The first kappa shape index (κ1) is 20.7. The van der Waals surface area contributed by atoms with Crippen LogP contribution in [0.4, 0.5) is 5.69 Å². The molecule has 1 aliphatic rings. The molecular formula is C19H13Cl2NO4S2. The monoisotopic (exact) mass is 453 g/mol. The number of thioether (sulfide) groups is 1. The first-order chi connectivity index (χ1) is 13.4. The van der Waals surface area contributed by atoms with E-state index in [-0.39, 0.29) is 12.5 Å². The molecule has 1 aliphatic heterocycles. The van der Waals surface area contributed by atoms with Gasteiger partial charge in [-0.15, -0.1) is 0 Å². The minimum absolute atomic E-state index is 0.170. The summed E-state index contributed by atoms with van der Waals surface area (Å²) >= 11 is 18.7. The molecule has 0 bridgehead atoms. The standard InChI is InChI=1S/C19H13Cl2NO4S2/c1-25-17(23)10-26-13-5-2-11(3-6-13)8-16-18(24)22(19(27)28-16)15-7-4-12(20)9-14(15)21/h2-9H,10H2,1H3/b16-8+. The largest absolute Gasteiger partial charge is 0.482 e. The van der Waals surface area contributed by atoms with E-state index in [1.165, 1.54) is 23.8 Å². The summed E-state index contributed by atoms with van der Waals surface area (Å²) in [6.07, 6.45) is 1.73. The molecule has 5 nitrogen and oxygen atoms in total. The Bertz CT molecular complexity index is 976. The summed E-state index contributed by atoms with van der Waals surface area (Å²) in [5, 5.41) is 0.821. The number of amides is 1. The normalized spacial score (nSPS) is 15.2. The summed E-state index contributed by atoms with van der Waals surface area (Å²) in [6, 6.07) is 11.8. The Labute approximate surface area is 181 Å². The van der Waals surface area contributed by atoms with E-state index in [4.69, 9.17) is 40.2 Å². The summed E-state index contributed by atoms with van der Waals surface area (Å²) in [6.45, 7) is -0.170. The van der Waals surface area contributed by atoms with Gasteiger partial charge < -0.3 is 9.47 Å². The molecule has 1 heterocycles. The van der Waals surface area contributed by atoms with E-state index < -0.39 is 5.97 Å². The predicted molar refractivity (Wildman–Crippen MR) is 116 cm³/mol. The van der Waals surface area contributed by atoms with E-state index in [0.717, 1.165) is 5.56 Å². The molecule has 0 spiro atoms. The second-order valence-corrected chi connectivity index (χ2v) is 8.07. The maximum atomic E-state index is 12.8. The Morgan fingerprint density at radius 1 is 1.21 bits per heavy atom. The van der Waals surface area contributed by atoms with Gasteiger partial charge in [-0.05, 0) is 42.0 Å². The van der Waals surface area contributed by atoms with Crippen molar-refractivity contribution in [3.8, 4) is 5.75 Å². The van der Waals surface area contributed by atoms with Crippen molar-refractivity contribution in [2.45, 2.75) is 0 Å². The van der Waals surface area contributed by atoms with E-state index in [9.17, 15) is 9.59 Å². The second kappa shape index (κ2) is 8.96. The van der Waals surface area contributed by atoms with Crippen LogP contribution in [0.3, 0.4) is 0 Å². The lowest BCUT2D eigenvalue weighted by atomic mass is 10.2. The zero-order valence-corrected chi connectivity index (χ0v) is 17.6. The highest BCUT2D eigenvalue weighted by Gasteiger charge is 2.34. The Kier molecular flexibility index (Phi) is 6.61. The van der Waals surface area contributed by atoms with Gasteiger partial charge in [-0.1, -0.05) is 59.3 Å². The highest BCUT2D eigenvalue weighted by Crippen LogP contribution is 2.39. The SMILES string of the molecule is COC(=O)COc1ccc(/C=C2/SC(=S)N(c3ccc(Cl)cc3Cl)C2=O)cc1. The lowest BCUT2D eigenvalue weighted by Crippen LogP contribution is -2.27. The highest BCUT2D eigenvalue weighted by molar-refractivity contribution is 8.27. The third kappa shape index (κ3) is 4.67. The molecule has 0 saturated carbocycles. The Morgan fingerprint density at radius 2 is 1.93 bits per heavy atom. The molecule has 0 aromatic heterocycles. The van der Waals surface area contributed by atoms with E-state index in [1.54, 1.807) is 48.5 Å². The van der Waals surface area contributed by atoms with Crippen LogP contribution in [0.2, 0.25) is 10.0 Å². The molecule has 0 N–H and O–H groups in total. The van der Waals surface area contributed by atoms with Crippen molar-refractivity contribution in [2.75, 3.05) is 18.6 Å². The van der Waals surface area contributed by atoms with Gasteiger partial charge in [-0.3, -0.25) is 9.69 Å². The van der Waals surface area contributed by atoms with E-state index in [0.29, 0.717) is 30.7 Å². The fraction of sp³-hybridized carbons (Fsp3) is 0.105. The van der Waals surface area contributed by atoms with Crippen LogP contribution in [0.25, 0.3) is 6.08 Å². The summed E-state index contributed by atoms with van der Waals surface area (Å²) in [5.74, 6) is -0.207. The summed E-state index contributed by atoms with van der Waals surface area (Å²) < 4.78 is 10.2. The Hall–Kier alpha value is -2.06. The number of esters is 1. The fourth-order valence-electron chi connectivity index (χ4n) is 2.35. The lowest BCUT2D eigenvalue weighted by Gasteiger charge is -2.16. The van der Waals surface area contributed by atoms with E-state index >= 15 is 0 Å². The molecule has 9 heteroatoms. The number of nitrogens with zero attached hydrogens (tertiary/aromatic N) is 1. The number of anilines is 1. The number of ether oxygens (including phenoxy) is 2. The van der Waals surface area contributed by atoms with Gasteiger partial charge in [-0.2, -0.15) is 0 Å². The average Bonchev–Trinajstić information content (AvgIpc) is 2.94. The molecule has 3 rings (SSSR count). The van der Waals surface area contributed by atoms with Crippen molar-refractivity contribution in [3.05, 3.63) is 63.0 Å². The highest BCUT2D eigenvalue weighted by atomic mass is 35.5. The third-order valence-electron chi connectivity index (χ3n) is 3.71. The minimum atomic E-state index is -0.464. The number of benzene rings is 2. The van der Waals surface area contributed by atoms with Gasteiger partial charge in [0.25, 0.3) is 5.91 Å².